The minimum Gasteiger partial charge on any atom is -0.477 e. The lowest BCUT2D eigenvalue weighted by molar-refractivity contribution is -0.136. The Kier molecular flexibility index (Phi) is 5.64. The summed E-state index contributed by atoms with van der Waals surface area (Å²) in [6.45, 7) is 2.53. The predicted octanol–water partition coefficient (Wildman–Crippen LogP) is 3.39. The van der Waals surface area contributed by atoms with E-state index < -0.39 is 12.6 Å². The number of nitrogens with one attached hydrogen (secondary N) is 1. The predicted molar refractivity (Wildman–Crippen MR) is 64.7 cm³/mol. The van der Waals surface area contributed by atoms with Gasteiger partial charge in [-0.2, -0.15) is 13.2 Å². The van der Waals surface area contributed by atoms with E-state index in [1.54, 1.807) is 0 Å². The normalized spacial score (nSPS) is 11.4. The number of ether oxygens (including phenoxy) is 1. The van der Waals surface area contributed by atoms with Crippen LogP contribution in [0.25, 0.3) is 0 Å². The molecule has 1 N–H and O–H groups in total. The van der Waals surface area contributed by atoms with Gasteiger partial charge in [0.2, 0.25) is 5.88 Å². The largest absolute Gasteiger partial charge is 0.477 e. The second-order valence-corrected chi connectivity index (χ2v) is 4.23. The molecule has 0 amide bonds. The van der Waals surface area contributed by atoms with Crippen LogP contribution in [0.1, 0.15) is 19.8 Å². The third-order valence-corrected chi connectivity index (χ3v) is 2.66. The highest BCUT2D eigenvalue weighted by Crippen LogP contribution is 2.28. The van der Waals surface area contributed by atoms with Crippen LogP contribution >= 0.6 is 15.9 Å². The molecule has 1 aromatic rings. The molecule has 0 bridgehead atoms. The molecule has 0 spiro atoms. The lowest BCUT2D eigenvalue weighted by atomic mass is 10.3. The van der Waals surface area contributed by atoms with E-state index in [-0.39, 0.29) is 18.9 Å². The van der Waals surface area contributed by atoms with Crippen LogP contribution in [0, 0.1) is 0 Å². The van der Waals surface area contributed by atoms with Gasteiger partial charge in [-0.3, -0.25) is 0 Å². The molecule has 0 fully saturated rings. The van der Waals surface area contributed by atoms with E-state index in [0.717, 1.165) is 0 Å². The highest BCUT2D eigenvalue weighted by atomic mass is 79.9. The molecular formula is C10H13BrF3N3O. The summed E-state index contributed by atoms with van der Waals surface area (Å²) in [4.78, 5) is 7.82. The van der Waals surface area contributed by atoms with Gasteiger partial charge in [-0.1, -0.05) is 0 Å². The third-order valence-electron chi connectivity index (χ3n) is 1.95. The third kappa shape index (κ3) is 5.07. The number of hydrogen-bond acceptors (Lipinski definition) is 4. The van der Waals surface area contributed by atoms with Crippen molar-refractivity contribution in [1.82, 2.24) is 9.97 Å². The molecule has 1 rings (SSSR count). The summed E-state index contributed by atoms with van der Waals surface area (Å²) in [5.41, 5.74) is 0. The van der Waals surface area contributed by atoms with Crippen molar-refractivity contribution in [2.45, 2.75) is 25.9 Å². The summed E-state index contributed by atoms with van der Waals surface area (Å²) in [5.74, 6) is 0.793. The quantitative estimate of drug-likeness (QED) is 0.813. The van der Waals surface area contributed by atoms with Crippen LogP contribution < -0.4 is 10.1 Å². The zero-order valence-corrected chi connectivity index (χ0v) is 11.3. The average Bonchev–Trinajstić information content (AvgIpc) is 2.28. The molecular weight excluding hydrogens is 315 g/mol. The van der Waals surface area contributed by atoms with Gasteiger partial charge < -0.3 is 10.1 Å². The van der Waals surface area contributed by atoms with Crippen LogP contribution in [0.5, 0.6) is 5.88 Å². The Hall–Kier alpha value is -1.05. The number of hydrogen-bond donors (Lipinski definition) is 1. The SMILES string of the molecule is CCNc1ncnc(OCCCC(F)(F)F)c1Br. The Morgan fingerprint density at radius 2 is 2.11 bits per heavy atom. The molecule has 0 aromatic carbocycles. The van der Waals surface area contributed by atoms with Crippen LogP contribution in [0.2, 0.25) is 0 Å². The summed E-state index contributed by atoms with van der Waals surface area (Å²) in [6.07, 6.45) is -3.82. The molecule has 102 valence electrons. The Morgan fingerprint density at radius 1 is 1.39 bits per heavy atom. The van der Waals surface area contributed by atoms with E-state index in [4.69, 9.17) is 4.74 Å². The van der Waals surface area contributed by atoms with E-state index in [1.165, 1.54) is 6.33 Å². The fourth-order valence-electron chi connectivity index (χ4n) is 1.19. The fraction of sp³-hybridized carbons (Fsp3) is 0.600. The average molecular weight is 328 g/mol. The first-order valence-electron chi connectivity index (χ1n) is 5.38. The number of halogens is 4. The van der Waals surface area contributed by atoms with E-state index in [1.807, 2.05) is 6.92 Å². The standard InChI is InChI=1S/C10H13BrF3N3O/c1-2-15-8-7(11)9(17-6-16-8)18-5-3-4-10(12,13)14/h6H,2-5H2,1H3,(H,15,16,17). The van der Waals surface area contributed by atoms with Gasteiger partial charge in [0, 0.05) is 13.0 Å². The molecule has 0 aliphatic rings. The molecule has 0 saturated carbocycles. The molecule has 8 heteroatoms. The zero-order chi connectivity index (χ0) is 13.6. The maximum absolute atomic E-state index is 11.9. The Labute approximate surface area is 111 Å². The van der Waals surface area contributed by atoms with E-state index in [9.17, 15) is 13.2 Å². The molecule has 0 radical (unpaired) electrons. The maximum atomic E-state index is 11.9. The van der Waals surface area contributed by atoms with Crippen LogP contribution in [0.15, 0.2) is 10.8 Å². The van der Waals surface area contributed by atoms with Crippen molar-refractivity contribution in [3.05, 3.63) is 10.8 Å². The first-order chi connectivity index (χ1) is 8.44. The summed E-state index contributed by atoms with van der Waals surface area (Å²) in [6, 6.07) is 0. The maximum Gasteiger partial charge on any atom is 0.389 e. The minimum absolute atomic E-state index is 0.0410. The Morgan fingerprint density at radius 3 is 2.72 bits per heavy atom. The highest BCUT2D eigenvalue weighted by molar-refractivity contribution is 9.10. The van der Waals surface area contributed by atoms with Gasteiger partial charge in [0.1, 0.15) is 16.6 Å². The molecule has 0 unspecified atom stereocenters. The second-order valence-electron chi connectivity index (χ2n) is 3.44. The van der Waals surface area contributed by atoms with Crippen molar-refractivity contribution < 1.29 is 17.9 Å². The number of nitrogens with zero attached hydrogens (tertiary/aromatic N) is 2. The van der Waals surface area contributed by atoms with Crippen molar-refractivity contribution in [3.8, 4) is 5.88 Å². The molecule has 1 aromatic heterocycles. The minimum atomic E-state index is -4.15. The number of anilines is 1. The van der Waals surface area contributed by atoms with Gasteiger partial charge in [0.25, 0.3) is 0 Å². The smallest absolute Gasteiger partial charge is 0.389 e. The number of rotatable bonds is 6. The zero-order valence-electron chi connectivity index (χ0n) is 9.72. The van der Waals surface area contributed by atoms with Crippen molar-refractivity contribution in [2.75, 3.05) is 18.5 Å². The lowest BCUT2D eigenvalue weighted by Gasteiger charge is -2.10. The van der Waals surface area contributed by atoms with Crippen LogP contribution in [0.4, 0.5) is 19.0 Å². The first kappa shape index (κ1) is 15.0. The Bertz CT molecular complexity index is 387. The van der Waals surface area contributed by atoms with Gasteiger partial charge >= 0.3 is 6.18 Å². The second kappa shape index (κ2) is 6.77. The first-order valence-corrected chi connectivity index (χ1v) is 6.17. The molecule has 0 aliphatic heterocycles. The molecule has 0 aliphatic carbocycles. The van der Waals surface area contributed by atoms with Gasteiger partial charge in [-0.25, -0.2) is 9.97 Å². The van der Waals surface area contributed by atoms with Crippen molar-refractivity contribution in [2.24, 2.45) is 0 Å². The van der Waals surface area contributed by atoms with E-state index >= 15 is 0 Å². The number of alkyl halides is 3. The van der Waals surface area contributed by atoms with Gasteiger partial charge in [-0.05, 0) is 29.3 Å². The van der Waals surface area contributed by atoms with Gasteiger partial charge in [0.05, 0.1) is 6.61 Å². The van der Waals surface area contributed by atoms with Crippen molar-refractivity contribution >= 4 is 21.7 Å². The molecule has 1 heterocycles. The van der Waals surface area contributed by atoms with Crippen LogP contribution in [-0.2, 0) is 0 Å². The van der Waals surface area contributed by atoms with Gasteiger partial charge in [-0.15, -0.1) is 0 Å². The summed E-state index contributed by atoms with van der Waals surface area (Å²) < 4.78 is 41.5. The van der Waals surface area contributed by atoms with Crippen LogP contribution in [0.3, 0.4) is 0 Å². The molecule has 18 heavy (non-hydrogen) atoms. The van der Waals surface area contributed by atoms with E-state index in [2.05, 4.69) is 31.2 Å². The summed E-state index contributed by atoms with van der Waals surface area (Å²) >= 11 is 3.24. The summed E-state index contributed by atoms with van der Waals surface area (Å²) in [5, 5.41) is 2.97. The molecule has 0 saturated heterocycles. The van der Waals surface area contributed by atoms with Gasteiger partial charge in [0.15, 0.2) is 0 Å². The Balaban J connectivity index is 2.50. The van der Waals surface area contributed by atoms with Crippen molar-refractivity contribution in [1.29, 1.82) is 0 Å². The van der Waals surface area contributed by atoms with E-state index in [0.29, 0.717) is 16.8 Å². The summed E-state index contributed by atoms with van der Waals surface area (Å²) in [7, 11) is 0. The monoisotopic (exact) mass is 327 g/mol. The van der Waals surface area contributed by atoms with Crippen LogP contribution in [-0.4, -0.2) is 29.3 Å². The molecule has 4 nitrogen and oxygen atoms in total. The molecule has 0 atom stereocenters. The number of aromatic nitrogens is 2. The highest BCUT2D eigenvalue weighted by Gasteiger charge is 2.26. The fourth-order valence-corrected chi connectivity index (χ4v) is 1.65. The lowest BCUT2D eigenvalue weighted by Crippen LogP contribution is -2.10. The topological polar surface area (TPSA) is 47.0 Å². The van der Waals surface area contributed by atoms with Crippen molar-refractivity contribution in [3.63, 3.8) is 0 Å².